The second-order valence-electron chi connectivity index (χ2n) is 5.67. The van der Waals surface area contributed by atoms with E-state index in [2.05, 4.69) is 10.2 Å². The molecule has 1 fully saturated rings. The van der Waals surface area contributed by atoms with Crippen LogP contribution < -0.4 is 10.2 Å². The predicted octanol–water partition coefficient (Wildman–Crippen LogP) is 1.65. The molecule has 0 saturated carbocycles. The average molecular weight is 334 g/mol. The summed E-state index contributed by atoms with van der Waals surface area (Å²) in [5.74, 6) is 1.60. The van der Waals surface area contributed by atoms with Gasteiger partial charge in [-0.1, -0.05) is 12.1 Å². The Labute approximate surface area is 138 Å². The molecule has 23 heavy (non-hydrogen) atoms. The summed E-state index contributed by atoms with van der Waals surface area (Å²) in [4.78, 5) is 11.7. The van der Waals surface area contributed by atoms with Crippen LogP contribution in [-0.4, -0.2) is 58.5 Å². The lowest BCUT2D eigenvalue weighted by Crippen LogP contribution is -2.37. The third-order valence-corrected chi connectivity index (χ3v) is 5.29. The van der Waals surface area contributed by atoms with Crippen LogP contribution in [0.2, 0.25) is 0 Å². The van der Waals surface area contributed by atoms with Crippen LogP contribution in [0.15, 0.2) is 24.3 Å². The van der Waals surface area contributed by atoms with Crippen molar-refractivity contribution in [3.8, 4) is 0 Å². The molecule has 0 spiro atoms. The van der Waals surface area contributed by atoms with Gasteiger partial charge in [0, 0.05) is 41.9 Å². The second kappa shape index (κ2) is 7.23. The topological polar surface area (TPSA) is 67.3 Å². The molecule has 7 heteroatoms. The van der Waals surface area contributed by atoms with Crippen molar-refractivity contribution >= 4 is 33.5 Å². The first-order chi connectivity index (χ1) is 11.1. The summed E-state index contributed by atoms with van der Waals surface area (Å²) in [6.45, 7) is 5.57. The van der Waals surface area contributed by atoms with Crippen LogP contribution in [0.25, 0.3) is 11.0 Å². The van der Waals surface area contributed by atoms with Gasteiger partial charge in [0.05, 0.1) is 24.2 Å². The van der Waals surface area contributed by atoms with Crippen molar-refractivity contribution in [3.63, 3.8) is 0 Å². The Balaban J connectivity index is 1.93. The molecule has 2 aromatic rings. The van der Waals surface area contributed by atoms with Crippen LogP contribution in [0.4, 0.5) is 11.6 Å². The van der Waals surface area contributed by atoms with E-state index in [1.807, 2.05) is 31.2 Å². The number of fused-ring (bicyclic) bond motifs is 1. The highest BCUT2D eigenvalue weighted by atomic mass is 32.2. The van der Waals surface area contributed by atoms with E-state index >= 15 is 0 Å². The van der Waals surface area contributed by atoms with Crippen molar-refractivity contribution in [1.82, 2.24) is 9.97 Å². The van der Waals surface area contributed by atoms with Gasteiger partial charge in [-0.25, -0.2) is 9.97 Å². The molecule has 3 rings (SSSR count). The van der Waals surface area contributed by atoms with Crippen LogP contribution in [-0.2, 0) is 15.5 Å². The molecule has 0 aliphatic carbocycles. The Morgan fingerprint density at radius 1 is 1.26 bits per heavy atom. The SMILES string of the molecule is C[C@H](CNc1nc2ccccc2nc1N1CCOCC1)[S@@](C)=O. The van der Waals surface area contributed by atoms with Crippen molar-refractivity contribution in [3.05, 3.63) is 24.3 Å². The lowest BCUT2D eigenvalue weighted by molar-refractivity contribution is 0.122. The number of hydrogen-bond donors (Lipinski definition) is 1. The molecule has 2 heterocycles. The number of nitrogens with one attached hydrogen (secondary N) is 1. The Kier molecular flexibility index (Phi) is 5.07. The number of anilines is 2. The summed E-state index contributed by atoms with van der Waals surface area (Å²) in [6, 6.07) is 7.85. The van der Waals surface area contributed by atoms with E-state index < -0.39 is 10.8 Å². The minimum absolute atomic E-state index is 0.0563. The summed E-state index contributed by atoms with van der Waals surface area (Å²) >= 11 is 0. The van der Waals surface area contributed by atoms with E-state index in [0.717, 1.165) is 35.8 Å². The van der Waals surface area contributed by atoms with Gasteiger partial charge in [-0.3, -0.25) is 4.21 Å². The summed E-state index contributed by atoms with van der Waals surface area (Å²) in [5, 5.41) is 3.39. The minimum atomic E-state index is -0.867. The van der Waals surface area contributed by atoms with Gasteiger partial charge in [0.25, 0.3) is 0 Å². The van der Waals surface area contributed by atoms with Crippen LogP contribution in [0.5, 0.6) is 0 Å². The first-order valence-corrected chi connectivity index (χ1v) is 9.43. The summed E-state index contributed by atoms with van der Waals surface area (Å²) < 4.78 is 17.0. The van der Waals surface area contributed by atoms with Gasteiger partial charge < -0.3 is 15.0 Å². The van der Waals surface area contributed by atoms with Crippen molar-refractivity contribution in [2.24, 2.45) is 0 Å². The highest BCUT2D eigenvalue weighted by Crippen LogP contribution is 2.25. The van der Waals surface area contributed by atoms with Gasteiger partial charge in [0.1, 0.15) is 0 Å². The molecule has 1 N–H and O–H groups in total. The molecule has 0 unspecified atom stereocenters. The number of aromatic nitrogens is 2. The zero-order valence-electron chi connectivity index (χ0n) is 13.5. The molecule has 0 radical (unpaired) electrons. The maximum absolute atomic E-state index is 11.6. The highest BCUT2D eigenvalue weighted by Gasteiger charge is 2.19. The third kappa shape index (κ3) is 3.79. The summed E-state index contributed by atoms with van der Waals surface area (Å²) in [7, 11) is -0.867. The van der Waals surface area contributed by atoms with Gasteiger partial charge in [-0.05, 0) is 19.1 Å². The number of ether oxygens (including phenoxy) is 1. The molecular formula is C16H22N4O2S. The zero-order chi connectivity index (χ0) is 16.2. The average Bonchev–Trinajstić information content (AvgIpc) is 2.59. The quantitative estimate of drug-likeness (QED) is 0.897. The fourth-order valence-electron chi connectivity index (χ4n) is 2.46. The number of nitrogens with zero attached hydrogens (tertiary/aromatic N) is 3. The molecule has 6 nitrogen and oxygen atoms in total. The standard InChI is InChI=1S/C16H22N4O2S/c1-12(23(2)21)11-17-15-16(20-7-9-22-10-8-20)19-14-6-4-3-5-13(14)18-15/h3-6,12H,7-11H2,1-2H3,(H,17,18)/t12-,23-/m1/s1. The molecule has 124 valence electrons. The molecule has 0 bridgehead atoms. The largest absolute Gasteiger partial charge is 0.378 e. The maximum atomic E-state index is 11.6. The first-order valence-electron chi connectivity index (χ1n) is 7.80. The van der Waals surface area contributed by atoms with Crippen molar-refractivity contribution in [1.29, 1.82) is 0 Å². The van der Waals surface area contributed by atoms with Gasteiger partial charge in [-0.15, -0.1) is 0 Å². The Bertz CT molecular complexity index is 704. The lowest BCUT2D eigenvalue weighted by atomic mass is 10.3. The second-order valence-corrected chi connectivity index (χ2v) is 7.48. The number of morpholine rings is 1. The van der Waals surface area contributed by atoms with Crippen LogP contribution in [0.1, 0.15) is 6.92 Å². The van der Waals surface area contributed by atoms with E-state index in [1.54, 1.807) is 6.26 Å². The van der Waals surface area contributed by atoms with Crippen LogP contribution >= 0.6 is 0 Å². The number of hydrogen-bond acceptors (Lipinski definition) is 6. The van der Waals surface area contributed by atoms with Gasteiger partial charge in [0.2, 0.25) is 0 Å². The fraction of sp³-hybridized carbons (Fsp3) is 0.500. The van der Waals surface area contributed by atoms with Crippen molar-refractivity contribution < 1.29 is 8.95 Å². The van der Waals surface area contributed by atoms with Gasteiger partial charge >= 0.3 is 0 Å². The number of rotatable bonds is 5. The van der Waals surface area contributed by atoms with Gasteiger partial charge in [0.15, 0.2) is 11.6 Å². The van der Waals surface area contributed by atoms with Crippen molar-refractivity contribution in [2.75, 3.05) is 49.3 Å². The van der Waals surface area contributed by atoms with E-state index in [0.29, 0.717) is 19.8 Å². The fourth-order valence-corrected chi connectivity index (χ4v) is 2.78. The molecule has 0 amide bonds. The lowest BCUT2D eigenvalue weighted by Gasteiger charge is -2.29. The third-order valence-electron chi connectivity index (χ3n) is 3.99. The Hall–Kier alpha value is -1.73. The molecular weight excluding hydrogens is 312 g/mol. The zero-order valence-corrected chi connectivity index (χ0v) is 14.3. The molecule has 1 aliphatic heterocycles. The number of para-hydroxylation sites is 2. The highest BCUT2D eigenvalue weighted by molar-refractivity contribution is 7.84. The van der Waals surface area contributed by atoms with Crippen molar-refractivity contribution in [2.45, 2.75) is 12.2 Å². The monoisotopic (exact) mass is 334 g/mol. The molecule has 2 atom stereocenters. The summed E-state index contributed by atoms with van der Waals surface area (Å²) in [5.41, 5.74) is 1.74. The minimum Gasteiger partial charge on any atom is -0.378 e. The molecule has 1 aromatic heterocycles. The normalized spacial score (nSPS) is 17.9. The van der Waals surface area contributed by atoms with E-state index in [9.17, 15) is 4.21 Å². The Morgan fingerprint density at radius 2 is 1.91 bits per heavy atom. The number of benzene rings is 1. The first kappa shape index (κ1) is 16.1. The Morgan fingerprint density at radius 3 is 2.57 bits per heavy atom. The summed E-state index contributed by atoms with van der Waals surface area (Å²) in [6.07, 6.45) is 1.72. The maximum Gasteiger partial charge on any atom is 0.172 e. The van der Waals surface area contributed by atoms with Gasteiger partial charge in [-0.2, -0.15) is 0 Å². The van der Waals surface area contributed by atoms with Crippen LogP contribution in [0.3, 0.4) is 0 Å². The van der Waals surface area contributed by atoms with E-state index in [4.69, 9.17) is 14.7 Å². The van der Waals surface area contributed by atoms with E-state index in [1.165, 1.54) is 0 Å². The molecule has 1 aliphatic rings. The van der Waals surface area contributed by atoms with E-state index in [-0.39, 0.29) is 5.25 Å². The smallest absolute Gasteiger partial charge is 0.172 e. The molecule has 1 aromatic carbocycles. The predicted molar refractivity (Wildman–Crippen MR) is 94.6 cm³/mol. The molecule has 1 saturated heterocycles. The van der Waals surface area contributed by atoms with Crippen LogP contribution in [0, 0.1) is 0 Å².